The molecule has 174 valence electrons. The zero-order valence-corrected chi connectivity index (χ0v) is 19.8. The van der Waals surface area contributed by atoms with E-state index < -0.39 is 5.54 Å². The summed E-state index contributed by atoms with van der Waals surface area (Å²) in [5.74, 6) is 1.72. The van der Waals surface area contributed by atoms with Crippen molar-refractivity contribution in [1.29, 1.82) is 0 Å². The van der Waals surface area contributed by atoms with Gasteiger partial charge < -0.3 is 19.0 Å². The highest BCUT2D eigenvalue weighted by molar-refractivity contribution is 5.86. The Bertz CT molecular complexity index is 1040. The lowest BCUT2D eigenvalue weighted by Crippen LogP contribution is -2.52. The lowest BCUT2D eigenvalue weighted by Gasteiger charge is -2.36. The van der Waals surface area contributed by atoms with Crippen molar-refractivity contribution in [2.24, 2.45) is 0 Å². The summed E-state index contributed by atoms with van der Waals surface area (Å²) in [6.07, 6.45) is 0. The van der Waals surface area contributed by atoms with E-state index in [1.165, 1.54) is 0 Å². The summed E-state index contributed by atoms with van der Waals surface area (Å²) in [7, 11) is 0. The number of furan rings is 1. The molecule has 3 aromatic rings. The molecule has 0 aliphatic heterocycles. The van der Waals surface area contributed by atoms with E-state index in [1.54, 1.807) is 21.9 Å². The van der Waals surface area contributed by atoms with E-state index in [4.69, 9.17) is 9.15 Å². The first kappa shape index (κ1) is 24.1. The van der Waals surface area contributed by atoms with Crippen LogP contribution in [0.5, 0.6) is 5.75 Å². The standard InChI is InChI=1S/C27H32N2O4/c1-21-15-16-24(33-21)18-28(17-22-11-7-5-8-12-22)25(30)19-29(27(2,3)4)26(31)20-32-23-13-9-6-10-14-23/h5-16H,17-20H2,1-4H3. The molecule has 1 aromatic heterocycles. The second-order valence-corrected chi connectivity index (χ2v) is 9.00. The number of benzene rings is 2. The Morgan fingerprint density at radius 1 is 0.848 bits per heavy atom. The van der Waals surface area contributed by atoms with Gasteiger partial charge in [0.25, 0.3) is 5.91 Å². The maximum atomic E-state index is 13.4. The first-order valence-corrected chi connectivity index (χ1v) is 11.1. The summed E-state index contributed by atoms with van der Waals surface area (Å²) >= 11 is 0. The molecule has 0 aliphatic rings. The van der Waals surface area contributed by atoms with Gasteiger partial charge in [0.2, 0.25) is 5.91 Å². The van der Waals surface area contributed by atoms with Gasteiger partial charge in [-0.1, -0.05) is 48.5 Å². The van der Waals surface area contributed by atoms with E-state index in [9.17, 15) is 9.59 Å². The van der Waals surface area contributed by atoms with Crippen LogP contribution < -0.4 is 4.74 Å². The van der Waals surface area contributed by atoms with Crippen molar-refractivity contribution in [3.63, 3.8) is 0 Å². The van der Waals surface area contributed by atoms with E-state index in [1.807, 2.05) is 88.4 Å². The Hall–Kier alpha value is -3.54. The molecule has 6 heteroatoms. The number of aryl methyl sites for hydroxylation is 1. The minimum Gasteiger partial charge on any atom is -0.484 e. The minimum atomic E-state index is -0.549. The molecule has 0 saturated carbocycles. The largest absolute Gasteiger partial charge is 0.484 e. The van der Waals surface area contributed by atoms with E-state index >= 15 is 0 Å². The molecule has 0 spiro atoms. The first-order valence-electron chi connectivity index (χ1n) is 11.1. The van der Waals surface area contributed by atoms with Crippen LogP contribution in [0.2, 0.25) is 0 Å². The fourth-order valence-corrected chi connectivity index (χ4v) is 3.47. The number of hydrogen-bond acceptors (Lipinski definition) is 4. The predicted molar refractivity (Wildman–Crippen MR) is 128 cm³/mol. The molecule has 0 fully saturated rings. The topological polar surface area (TPSA) is 63.0 Å². The van der Waals surface area contributed by atoms with Crippen LogP contribution in [0.3, 0.4) is 0 Å². The molecule has 0 N–H and O–H groups in total. The van der Waals surface area contributed by atoms with Crippen LogP contribution in [-0.4, -0.2) is 40.3 Å². The number of rotatable bonds is 9. The third-order valence-corrected chi connectivity index (χ3v) is 5.22. The number of carbonyl (C=O) groups excluding carboxylic acids is 2. The first-order chi connectivity index (χ1) is 15.7. The van der Waals surface area contributed by atoms with Crippen LogP contribution in [0, 0.1) is 6.92 Å². The maximum absolute atomic E-state index is 13.4. The summed E-state index contributed by atoms with van der Waals surface area (Å²) in [5.41, 5.74) is 0.460. The zero-order chi connectivity index (χ0) is 23.8. The monoisotopic (exact) mass is 448 g/mol. The molecule has 0 atom stereocenters. The van der Waals surface area contributed by atoms with Crippen molar-refractivity contribution in [3.05, 3.63) is 89.9 Å². The molecule has 1 heterocycles. The number of nitrogens with zero attached hydrogens (tertiary/aromatic N) is 2. The van der Waals surface area contributed by atoms with E-state index in [2.05, 4.69) is 0 Å². The number of carbonyl (C=O) groups is 2. The van der Waals surface area contributed by atoms with Crippen molar-refractivity contribution in [2.45, 2.75) is 46.3 Å². The normalized spacial score (nSPS) is 11.2. The van der Waals surface area contributed by atoms with E-state index in [0.29, 0.717) is 24.6 Å². The highest BCUT2D eigenvalue weighted by Gasteiger charge is 2.30. The van der Waals surface area contributed by atoms with Crippen LogP contribution >= 0.6 is 0 Å². The van der Waals surface area contributed by atoms with Gasteiger partial charge >= 0.3 is 0 Å². The molecule has 0 radical (unpaired) electrons. The molecule has 3 rings (SSSR count). The molecule has 0 saturated heterocycles. The molecule has 0 unspecified atom stereocenters. The Balaban J connectivity index is 1.74. The molecule has 6 nitrogen and oxygen atoms in total. The van der Waals surface area contributed by atoms with Crippen LogP contribution in [0.1, 0.15) is 37.9 Å². The molecule has 33 heavy (non-hydrogen) atoms. The Kier molecular flexibility index (Phi) is 7.93. The zero-order valence-electron chi connectivity index (χ0n) is 19.8. The van der Waals surface area contributed by atoms with Gasteiger partial charge in [0, 0.05) is 12.1 Å². The smallest absolute Gasteiger partial charge is 0.261 e. The van der Waals surface area contributed by atoms with Gasteiger partial charge in [0.05, 0.1) is 6.54 Å². The fraction of sp³-hybridized carbons (Fsp3) is 0.333. The van der Waals surface area contributed by atoms with Crippen LogP contribution in [-0.2, 0) is 22.7 Å². The lowest BCUT2D eigenvalue weighted by molar-refractivity contribution is -0.146. The van der Waals surface area contributed by atoms with Crippen molar-refractivity contribution < 1.29 is 18.7 Å². The molecular formula is C27H32N2O4. The average Bonchev–Trinajstić information content (AvgIpc) is 3.20. The second kappa shape index (κ2) is 10.9. The number of ether oxygens (including phenoxy) is 1. The summed E-state index contributed by atoms with van der Waals surface area (Å²) in [6, 6.07) is 22.7. The molecular weight excluding hydrogens is 416 g/mol. The predicted octanol–water partition coefficient (Wildman–Crippen LogP) is 4.82. The summed E-state index contributed by atoms with van der Waals surface area (Å²) in [5, 5.41) is 0. The van der Waals surface area contributed by atoms with Crippen molar-refractivity contribution in [2.75, 3.05) is 13.2 Å². The molecule has 2 aromatic carbocycles. The van der Waals surface area contributed by atoms with Crippen LogP contribution in [0.4, 0.5) is 0 Å². The SMILES string of the molecule is Cc1ccc(CN(Cc2ccccc2)C(=O)CN(C(=O)COc2ccccc2)C(C)(C)C)o1. The van der Waals surface area contributed by atoms with Crippen molar-refractivity contribution >= 4 is 11.8 Å². The van der Waals surface area contributed by atoms with Gasteiger partial charge in [-0.25, -0.2) is 0 Å². The van der Waals surface area contributed by atoms with Gasteiger partial charge in [0.15, 0.2) is 6.61 Å². The van der Waals surface area contributed by atoms with Gasteiger partial charge in [-0.3, -0.25) is 9.59 Å². The number of hydrogen-bond donors (Lipinski definition) is 0. The van der Waals surface area contributed by atoms with E-state index in [0.717, 1.165) is 11.3 Å². The Morgan fingerprint density at radius 2 is 1.48 bits per heavy atom. The summed E-state index contributed by atoms with van der Waals surface area (Å²) in [4.78, 5) is 29.8. The number of para-hydroxylation sites is 1. The molecule has 0 bridgehead atoms. The van der Waals surface area contributed by atoms with Crippen LogP contribution in [0.15, 0.2) is 77.2 Å². The minimum absolute atomic E-state index is 0.0486. The number of amides is 2. The molecule has 0 aliphatic carbocycles. The second-order valence-electron chi connectivity index (χ2n) is 9.00. The molecule has 2 amide bonds. The van der Waals surface area contributed by atoms with E-state index in [-0.39, 0.29) is 25.0 Å². The third-order valence-electron chi connectivity index (χ3n) is 5.22. The van der Waals surface area contributed by atoms with Gasteiger partial charge in [-0.05, 0) is 57.5 Å². The van der Waals surface area contributed by atoms with Gasteiger partial charge in [-0.2, -0.15) is 0 Å². The summed E-state index contributed by atoms with van der Waals surface area (Å²) in [6.45, 7) is 8.19. The maximum Gasteiger partial charge on any atom is 0.261 e. The van der Waals surface area contributed by atoms with Crippen LogP contribution in [0.25, 0.3) is 0 Å². The Morgan fingerprint density at radius 3 is 2.06 bits per heavy atom. The van der Waals surface area contributed by atoms with Crippen molar-refractivity contribution in [3.8, 4) is 5.75 Å². The Labute approximate surface area is 195 Å². The van der Waals surface area contributed by atoms with Gasteiger partial charge in [-0.15, -0.1) is 0 Å². The highest BCUT2D eigenvalue weighted by atomic mass is 16.5. The highest BCUT2D eigenvalue weighted by Crippen LogP contribution is 2.18. The quantitative estimate of drug-likeness (QED) is 0.471. The average molecular weight is 449 g/mol. The van der Waals surface area contributed by atoms with Gasteiger partial charge in [0.1, 0.15) is 23.8 Å². The summed E-state index contributed by atoms with van der Waals surface area (Å²) < 4.78 is 11.4. The van der Waals surface area contributed by atoms with Crippen molar-refractivity contribution in [1.82, 2.24) is 9.80 Å². The fourth-order valence-electron chi connectivity index (χ4n) is 3.47. The third kappa shape index (κ3) is 7.24. The lowest BCUT2D eigenvalue weighted by atomic mass is 10.1.